The highest BCUT2D eigenvalue weighted by Crippen LogP contribution is 2.29. The Kier molecular flexibility index (Phi) is 3.07. The molecular formula is C11H19N3O. The van der Waals surface area contributed by atoms with Crippen LogP contribution in [0, 0.1) is 0 Å². The van der Waals surface area contributed by atoms with Crippen molar-refractivity contribution in [2.24, 2.45) is 5.73 Å². The van der Waals surface area contributed by atoms with Crippen LogP contribution in [0.15, 0.2) is 18.5 Å². The van der Waals surface area contributed by atoms with E-state index in [9.17, 15) is 5.11 Å². The Hall–Kier alpha value is -0.870. The summed E-state index contributed by atoms with van der Waals surface area (Å²) in [4.78, 5) is 0. The van der Waals surface area contributed by atoms with Crippen LogP contribution in [0.5, 0.6) is 0 Å². The molecule has 1 fully saturated rings. The smallest absolute Gasteiger partial charge is 0.0541 e. The minimum Gasteiger partial charge on any atom is -0.393 e. The molecule has 0 amide bonds. The van der Waals surface area contributed by atoms with E-state index in [1.54, 1.807) is 6.20 Å². The van der Waals surface area contributed by atoms with Gasteiger partial charge in [0, 0.05) is 24.5 Å². The first-order valence-corrected chi connectivity index (χ1v) is 5.62. The van der Waals surface area contributed by atoms with Gasteiger partial charge in [0.2, 0.25) is 0 Å². The summed E-state index contributed by atoms with van der Waals surface area (Å²) in [6.45, 7) is 0.875. The van der Waals surface area contributed by atoms with Crippen molar-refractivity contribution < 1.29 is 5.11 Å². The van der Waals surface area contributed by atoms with Crippen LogP contribution in [0.3, 0.4) is 0 Å². The molecule has 0 aromatic carbocycles. The van der Waals surface area contributed by atoms with Crippen LogP contribution in [0.2, 0.25) is 0 Å². The zero-order valence-electron chi connectivity index (χ0n) is 8.97. The quantitative estimate of drug-likeness (QED) is 0.777. The summed E-state index contributed by atoms with van der Waals surface area (Å²) in [6, 6.07) is 1.92. The summed E-state index contributed by atoms with van der Waals surface area (Å²) in [6.07, 6.45) is 8.10. The van der Waals surface area contributed by atoms with Crippen molar-refractivity contribution in [2.75, 3.05) is 0 Å². The van der Waals surface area contributed by atoms with Crippen LogP contribution < -0.4 is 5.73 Å². The van der Waals surface area contributed by atoms with Crippen molar-refractivity contribution in [3.63, 3.8) is 0 Å². The highest BCUT2D eigenvalue weighted by atomic mass is 16.3. The van der Waals surface area contributed by atoms with Gasteiger partial charge in [-0.1, -0.05) is 0 Å². The van der Waals surface area contributed by atoms with E-state index in [1.807, 2.05) is 16.9 Å². The molecule has 2 rings (SSSR count). The van der Waals surface area contributed by atoms with Crippen molar-refractivity contribution in [3.8, 4) is 0 Å². The molecule has 84 valence electrons. The topological polar surface area (TPSA) is 64.1 Å². The molecule has 0 spiro atoms. The van der Waals surface area contributed by atoms with Crippen LogP contribution in [0.25, 0.3) is 0 Å². The zero-order valence-corrected chi connectivity index (χ0v) is 8.97. The fourth-order valence-electron chi connectivity index (χ4n) is 2.20. The van der Waals surface area contributed by atoms with E-state index in [1.165, 1.54) is 0 Å². The first-order valence-electron chi connectivity index (χ1n) is 5.62. The van der Waals surface area contributed by atoms with Crippen molar-refractivity contribution in [3.05, 3.63) is 18.5 Å². The Morgan fingerprint density at radius 2 is 2.20 bits per heavy atom. The van der Waals surface area contributed by atoms with Crippen LogP contribution in [-0.4, -0.2) is 26.5 Å². The monoisotopic (exact) mass is 209 g/mol. The molecule has 1 aromatic heterocycles. The Bertz CT molecular complexity index is 289. The number of aromatic nitrogens is 2. The van der Waals surface area contributed by atoms with Gasteiger partial charge < -0.3 is 10.8 Å². The second-order valence-electron chi connectivity index (χ2n) is 4.61. The summed E-state index contributed by atoms with van der Waals surface area (Å²) in [5.41, 5.74) is 6.19. The van der Waals surface area contributed by atoms with Crippen LogP contribution in [0.4, 0.5) is 0 Å². The first kappa shape index (κ1) is 10.6. The number of hydrogen-bond donors (Lipinski definition) is 2. The van der Waals surface area contributed by atoms with Gasteiger partial charge in [-0.15, -0.1) is 0 Å². The summed E-state index contributed by atoms with van der Waals surface area (Å²) in [5, 5.41) is 13.6. The van der Waals surface area contributed by atoms with E-state index in [4.69, 9.17) is 5.73 Å². The number of rotatable bonds is 3. The standard InChI is InChI=1S/C11H19N3O/c12-11(4-2-10(15)3-5-11)6-9-14-8-1-7-13-14/h1,7-8,10,15H,2-6,9,12H2. The predicted molar refractivity (Wildman–Crippen MR) is 58.2 cm³/mol. The van der Waals surface area contributed by atoms with E-state index < -0.39 is 0 Å². The molecule has 1 aliphatic carbocycles. The van der Waals surface area contributed by atoms with Gasteiger partial charge in [0.15, 0.2) is 0 Å². The van der Waals surface area contributed by atoms with Gasteiger partial charge in [-0.3, -0.25) is 4.68 Å². The number of nitrogens with zero attached hydrogens (tertiary/aromatic N) is 2. The zero-order chi connectivity index (χ0) is 10.7. The molecule has 1 aliphatic rings. The fourth-order valence-corrected chi connectivity index (χ4v) is 2.20. The molecule has 1 saturated carbocycles. The minimum atomic E-state index is -0.133. The van der Waals surface area contributed by atoms with Crippen molar-refractivity contribution in [2.45, 2.75) is 50.3 Å². The maximum absolute atomic E-state index is 9.42. The molecule has 0 radical (unpaired) electrons. The number of aryl methyl sites for hydroxylation is 1. The lowest BCUT2D eigenvalue weighted by molar-refractivity contribution is 0.0925. The number of aliphatic hydroxyl groups excluding tert-OH is 1. The van der Waals surface area contributed by atoms with Gasteiger partial charge in [-0.05, 0) is 38.2 Å². The third-order valence-corrected chi connectivity index (χ3v) is 3.35. The summed E-state index contributed by atoms with van der Waals surface area (Å²) in [7, 11) is 0. The second-order valence-corrected chi connectivity index (χ2v) is 4.61. The summed E-state index contributed by atoms with van der Waals surface area (Å²) < 4.78 is 1.92. The molecule has 1 aromatic rings. The lowest BCUT2D eigenvalue weighted by Gasteiger charge is -2.35. The highest BCUT2D eigenvalue weighted by Gasteiger charge is 2.30. The Balaban J connectivity index is 1.83. The van der Waals surface area contributed by atoms with E-state index in [2.05, 4.69) is 5.10 Å². The second kappa shape index (κ2) is 4.33. The van der Waals surface area contributed by atoms with Crippen LogP contribution >= 0.6 is 0 Å². The molecular weight excluding hydrogens is 190 g/mol. The van der Waals surface area contributed by atoms with Crippen LogP contribution in [0.1, 0.15) is 32.1 Å². The lowest BCUT2D eigenvalue weighted by atomic mass is 9.79. The van der Waals surface area contributed by atoms with Gasteiger partial charge in [0.05, 0.1) is 6.10 Å². The molecule has 0 bridgehead atoms. The summed E-state index contributed by atoms with van der Waals surface area (Å²) in [5.74, 6) is 0. The number of nitrogens with two attached hydrogens (primary N) is 1. The Morgan fingerprint density at radius 3 is 2.80 bits per heavy atom. The summed E-state index contributed by atoms with van der Waals surface area (Å²) >= 11 is 0. The van der Waals surface area contributed by atoms with Gasteiger partial charge in [0.1, 0.15) is 0 Å². The third-order valence-electron chi connectivity index (χ3n) is 3.35. The maximum Gasteiger partial charge on any atom is 0.0541 e. The fraction of sp³-hybridized carbons (Fsp3) is 0.727. The molecule has 0 unspecified atom stereocenters. The molecule has 4 nitrogen and oxygen atoms in total. The molecule has 3 N–H and O–H groups in total. The van der Waals surface area contributed by atoms with Crippen molar-refractivity contribution in [1.82, 2.24) is 9.78 Å². The number of aliphatic hydroxyl groups is 1. The molecule has 1 heterocycles. The molecule has 0 saturated heterocycles. The largest absolute Gasteiger partial charge is 0.393 e. The Morgan fingerprint density at radius 1 is 1.47 bits per heavy atom. The minimum absolute atomic E-state index is 0.0921. The van der Waals surface area contributed by atoms with Gasteiger partial charge in [0.25, 0.3) is 0 Å². The third kappa shape index (κ3) is 2.79. The van der Waals surface area contributed by atoms with E-state index >= 15 is 0 Å². The number of hydrogen-bond acceptors (Lipinski definition) is 3. The van der Waals surface area contributed by atoms with E-state index in [0.29, 0.717) is 0 Å². The van der Waals surface area contributed by atoms with Crippen molar-refractivity contribution >= 4 is 0 Å². The first-order chi connectivity index (χ1) is 7.18. The van der Waals surface area contributed by atoms with Gasteiger partial charge in [-0.25, -0.2) is 0 Å². The lowest BCUT2D eigenvalue weighted by Crippen LogP contribution is -2.45. The Labute approximate surface area is 90.1 Å². The SMILES string of the molecule is NC1(CCn2cccn2)CCC(O)CC1. The molecule has 0 aliphatic heterocycles. The van der Waals surface area contributed by atoms with Gasteiger partial charge in [-0.2, -0.15) is 5.10 Å². The van der Waals surface area contributed by atoms with E-state index in [-0.39, 0.29) is 11.6 Å². The average molecular weight is 209 g/mol. The highest BCUT2D eigenvalue weighted by molar-refractivity contribution is 4.90. The van der Waals surface area contributed by atoms with Gasteiger partial charge >= 0.3 is 0 Å². The maximum atomic E-state index is 9.42. The molecule has 0 atom stereocenters. The van der Waals surface area contributed by atoms with Crippen molar-refractivity contribution in [1.29, 1.82) is 0 Å². The molecule has 4 heteroatoms. The van der Waals surface area contributed by atoms with E-state index in [0.717, 1.165) is 38.6 Å². The van der Waals surface area contributed by atoms with Crippen LogP contribution in [-0.2, 0) is 6.54 Å². The predicted octanol–water partition coefficient (Wildman–Crippen LogP) is 0.906. The molecule has 15 heavy (non-hydrogen) atoms. The average Bonchev–Trinajstić information content (AvgIpc) is 2.73. The normalized spacial score (nSPS) is 31.7.